The number of ether oxygens (including phenoxy) is 2. The van der Waals surface area contributed by atoms with Crippen LogP contribution in [-0.2, 0) is 23.3 Å². The summed E-state index contributed by atoms with van der Waals surface area (Å²) >= 11 is -3.07. The van der Waals surface area contributed by atoms with E-state index in [1.54, 1.807) is 11.4 Å². The van der Waals surface area contributed by atoms with Gasteiger partial charge in [-0.05, 0) is 0 Å². The molecule has 1 saturated heterocycles. The summed E-state index contributed by atoms with van der Waals surface area (Å²) in [6.45, 7) is -0.290. The van der Waals surface area contributed by atoms with E-state index in [2.05, 4.69) is 0 Å². The van der Waals surface area contributed by atoms with Crippen LogP contribution in [0, 0.1) is 0 Å². The average Bonchev–Trinajstić information content (AvgIpc) is 2.50. The van der Waals surface area contributed by atoms with E-state index in [0.717, 1.165) is 0 Å². The van der Waals surface area contributed by atoms with Crippen molar-refractivity contribution >= 4 is 23.6 Å². The fourth-order valence-electron chi connectivity index (χ4n) is 1.97. The van der Waals surface area contributed by atoms with E-state index in [1.165, 1.54) is 0 Å². The Kier molecular flexibility index (Phi) is 6.46. The van der Waals surface area contributed by atoms with Crippen LogP contribution in [0.1, 0.15) is 0 Å². The molecule has 0 unspecified atom stereocenters. The van der Waals surface area contributed by atoms with E-state index < -0.39 is 60.0 Å². The van der Waals surface area contributed by atoms with Gasteiger partial charge in [0.1, 0.15) is 0 Å². The average molecular weight is 391 g/mol. The van der Waals surface area contributed by atoms with E-state index in [1.807, 2.05) is 0 Å². The SMILES string of the molecule is C[As](C)(=O)C[C@H]1O[C@@H](OC[C@H](N)CS(=O)(=O)O)[C@H](O)[C@H]1O. The van der Waals surface area contributed by atoms with Gasteiger partial charge in [-0.1, -0.05) is 0 Å². The molecule has 5 N–H and O–H groups in total. The van der Waals surface area contributed by atoms with Gasteiger partial charge in [0.25, 0.3) is 0 Å². The van der Waals surface area contributed by atoms with Crippen molar-refractivity contribution in [1.29, 1.82) is 0 Å². The fourth-order valence-corrected chi connectivity index (χ4v) is 5.06. The first-order valence-electron chi connectivity index (χ1n) is 6.27. The molecule has 0 aromatic heterocycles. The van der Waals surface area contributed by atoms with Crippen LogP contribution in [0.25, 0.3) is 0 Å². The predicted molar refractivity (Wildman–Crippen MR) is 74.0 cm³/mol. The first kappa shape index (κ1) is 19.1. The number of nitrogens with two attached hydrogens (primary N) is 1. The van der Waals surface area contributed by atoms with E-state index in [0.29, 0.717) is 0 Å². The van der Waals surface area contributed by atoms with Crippen molar-refractivity contribution in [3.63, 3.8) is 0 Å². The molecular weight excluding hydrogens is 369 g/mol. The molecule has 0 bridgehead atoms. The van der Waals surface area contributed by atoms with Crippen LogP contribution in [0.3, 0.4) is 0 Å². The molecular formula is C10H22AsNO8S. The Labute approximate surface area is 125 Å². The molecule has 0 aromatic carbocycles. The third-order valence-corrected chi connectivity index (χ3v) is 6.29. The van der Waals surface area contributed by atoms with Crippen LogP contribution >= 0.6 is 0 Å². The van der Waals surface area contributed by atoms with Crippen molar-refractivity contribution in [3.05, 3.63) is 0 Å². The summed E-state index contributed by atoms with van der Waals surface area (Å²) in [4.78, 5) is 0. The monoisotopic (exact) mass is 391 g/mol. The van der Waals surface area contributed by atoms with Gasteiger partial charge >= 0.3 is 125 Å². The van der Waals surface area contributed by atoms with Gasteiger partial charge in [-0.3, -0.25) is 0 Å². The van der Waals surface area contributed by atoms with Gasteiger partial charge in [0.05, 0.1) is 0 Å². The Balaban J connectivity index is 2.52. The summed E-state index contributed by atoms with van der Waals surface area (Å²) in [5, 5.41) is 19.7. The Hall–Kier alpha value is 0.0684. The molecule has 9 nitrogen and oxygen atoms in total. The van der Waals surface area contributed by atoms with Crippen molar-refractivity contribution in [3.8, 4) is 0 Å². The Bertz CT molecular complexity index is 491. The number of rotatable bonds is 7. The standard InChI is InChI=1S/C10H22AsNO8S/c1-11(2,15)3-7-8(13)9(14)10(20-7)19-4-6(12)5-21(16,17)18/h6-10,13-14H,3-5,12H2,1-2H3,(H,16,17,18)/t6-,7+,8-,9+,10+/m0/s1. The third-order valence-electron chi connectivity index (χ3n) is 2.84. The zero-order valence-electron chi connectivity index (χ0n) is 11.8. The summed E-state index contributed by atoms with van der Waals surface area (Å²) in [6, 6.07) is -1.00. The summed E-state index contributed by atoms with van der Waals surface area (Å²) < 4.78 is 52.1. The van der Waals surface area contributed by atoms with Crippen molar-refractivity contribution in [2.75, 3.05) is 12.4 Å². The van der Waals surface area contributed by atoms with Crippen LogP contribution in [0.5, 0.6) is 0 Å². The summed E-state index contributed by atoms with van der Waals surface area (Å²) in [7, 11) is -4.22. The van der Waals surface area contributed by atoms with Gasteiger partial charge < -0.3 is 0 Å². The van der Waals surface area contributed by atoms with E-state index in [4.69, 9.17) is 19.8 Å². The van der Waals surface area contributed by atoms with Crippen LogP contribution in [0.2, 0.25) is 16.6 Å². The minimum absolute atomic E-state index is 0.146. The zero-order valence-corrected chi connectivity index (χ0v) is 14.5. The maximum atomic E-state index is 11.8. The summed E-state index contributed by atoms with van der Waals surface area (Å²) in [5.41, 5.74) is 8.64. The number of hydrogen-bond donors (Lipinski definition) is 4. The molecule has 5 atom stereocenters. The van der Waals surface area contributed by atoms with Crippen LogP contribution in [0.15, 0.2) is 0 Å². The molecule has 0 amide bonds. The van der Waals surface area contributed by atoms with Gasteiger partial charge in [-0.2, -0.15) is 0 Å². The third kappa shape index (κ3) is 6.79. The molecule has 0 spiro atoms. The molecule has 0 saturated carbocycles. The van der Waals surface area contributed by atoms with Gasteiger partial charge in [-0.15, -0.1) is 0 Å². The number of hydrogen-bond acceptors (Lipinski definition) is 8. The summed E-state index contributed by atoms with van der Waals surface area (Å²) in [5.74, 6) is -0.691. The molecule has 126 valence electrons. The molecule has 21 heavy (non-hydrogen) atoms. The molecule has 1 rings (SSSR count). The Morgan fingerprint density at radius 1 is 1.33 bits per heavy atom. The minimum atomic E-state index is -4.22. The van der Waals surface area contributed by atoms with Crippen molar-refractivity contribution in [2.24, 2.45) is 5.73 Å². The van der Waals surface area contributed by atoms with Crippen LogP contribution < -0.4 is 5.73 Å². The van der Waals surface area contributed by atoms with Crippen molar-refractivity contribution in [2.45, 2.75) is 47.3 Å². The Morgan fingerprint density at radius 2 is 1.90 bits per heavy atom. The molecule has 0 aromatic rings. The van der Waals surface area contributed by atoms with Crippen molar-refractivity contribution < 1.29 is 36.4 Å². The molecule has 1 aliphatic rings. The number of aliphatic hydroxyl groups is 2. The summed E-state index contributed by atoms with van der Waals surface area (Å²) in [6.07, 6.45) is -4.56. The molecule has 1 aliphatic heterocycles. The first-order valence-corrected chi connectivity index (χ1v) is 13.7. The topological polar surface area (TPSA) is 156 Å². The maximum absolute atomic E-state index is 11.8. The van der Waals surface area contributed by atoms with Gasteiger partial charge in [-0.25, -0.2) is 0 Å². The second kappa shape index (κ2) is 7.10. The fraction of sp³-hybridized carbons (Fsp3) is 1.00. The zero-order chi connectivity index (χ0) is 16.4. The van der Waals surface area contributed by atoms with Gasteiger partial charge in [0.15, 0.2) is 0 Å². The molecule has 0 aliphatic carbocycles. The second-order valence-corrected chi connectivity index (χ2v) is 14.5. The predicted octanol–water partition coefficient (Wildman–Crippen LogP) is -1.70. The van der Waals surface area contributed by atoms with Crippen LogP contribution in [0.4, 0.5) is 0 Å². The van der Waals surface area contributed by atoms with Crippen LogP contribution in [-0.4, -0.2) is 79.7 Å². The number of aliphatic hydroxyl groups excluding tert-OH is 2. The van der Waals surface area contributed by atoms with Gasteiger partial charge in [0, 0.05) is 0 Å². The molecule has 11 heteroatoms. The van der Waals surface area contributed by atoms with E-state index in [9.17, 15) is 22.4 Å². The van der Waals surface area contributed by atoms with E-state index >= 15 is 0 Å². The second-order valence-electron chi connectivity index (χ2n) is 5.62. The first-order chi connectivity index (χ1) is 9.39. The quantitative estimate of drug-likeness (QED) is 0.293. The molecule has 0 radical (unpaired) electrons. The van der Waals surface area contributed by atoms with E-state index in [-0.39, 0.29) is 11.8 Å². The normalized spacial score (nSPS) is 32.3. The van der Waals surface area contributed by atoms with Crippen molar-refractivity contribution in [1.82, 2.24) is 0 Å². The molecule has 1 heterocycles. The Morgan fingerprint density at radius 3 is 2.38 bits per heavy atom. The molecule has 1 fully saturated rings. The van der Waals surface area contributed by atoms with Gasteiger partial charge in [0.2, 0.25) is 0 Å².